The Bertz CT molecular complexity index is 622. The van der Waals surface area contributed by atoms with Crippen LogP contribution in [0.1, 0.15) is 5.56 Å². The van der Waals surface area contributed by atoms with E-state index >= 15 is 0 Å². The molecule has 7 nitrogen and oxygen atoms in total. The lowest BCUT2D eigenvalue weighted by molar-refractivity contribution is -0.885. The number of halogens is 3. The summed E-state index contributed by atoms with van der Waals surface area (Å²) in [5, 5.41) is 3.43. The van der Waals surface area contributed by atoms with Gasteiger partial charge in [-0.2, -0.15) is 13.2 Å². The number of rotatable bonds is 5. The van der Waals surface area contributed by atoms with E-state index in [1.807, 2.05) is 11.4 Å². The number of likely N-dealkylation sites (N-methyl/N-ethyl adjacent to an activating group) is 1. The minimum absolute atomic E-state index is 0.0755. The fourth-order valence-corrected chi connectivity index (χ4v) is 2.13. The van der Waals surface area contributed by atoms with Gasteiger partial charge in [0.1, 0.15) is 13.1 Å². The molecule has 1 aliphatic rings. The largest absolute Gasteiger partial charge is 0.454 e. The van der Waals surface area contributed by atoms with Crippen molar-refractivity contribution in [1.29, 1.82) is 0 Å². The van der Waals surface area contributed by atoms with Gasteiger partial charge in [-0.25, -0.2) is 4.79 Å². The van der Waals surface area contributed by atoms with Crippen LogP contribution < -0.4 is 25.0 Å². The molecule has 0 saturated carbocycles. The lowest BCUT2D eigenvalue weighted by atomic mass is 10.2. The molecule has 0 spiro atoms. The van der Waals surface area contributed by atoms with E-state index in [1.54, 1.807) is 24.5 Å². The quantitative estimate of drug-likeness (QED) is 0.690. The van der Waals surface area contributed by atoms with Crippen LogP contribution in [0.4, 0.5) is 18.0 Å². The van der Waals surface area contributed by atoms with Crippen LogP contribution in [-0.4, -0.2) is 45.0 Å². The van der Waals surface area contributed by atoms with Crippen molar-refractivity contribution in [3.05, 3.63) is 23.8 Å². The number of fused-ring (bicyclic) bond motifs is 1. The zero-order chi connectivity index (χ0) is 17.7. The molecular weight excluding hydrogens is 331 g/mol. The van der Waals surface area contributed by atoms with Crippen molar-refractivity contribution in [2.45, 2.75) is 12.7 Å². The Morgan fingerprint density at radius 2 is 1.96 bits per heavy atom. The average molecular weight is 348 g/mol. The number of benzene rings is 1. The number of carbonyl (C=O) groups excluding carboxylic acids is 2. The van der Waals surface area contributed by atoms with Gasteiger partial charge < -0.3 is 19.7 Å². The third kappa shape index (κ3) is 5.61. The summed E-state index contributed by atoms with van der Waals surface area (Å²) in [7, 11) is 1.72. The summed E-state index contributed by atoms with van der Waals surface area (Å²) in [5.41, 5.74) is 0.895. The summed E-state index contributed by atoms with van der Waals surface area (Å²) < 4.78 is 46.3. The van der Waals surface area contributed by atoms with Crippen molar-refractivity contribution in [1.82, 2.24) is 10.6 Å². The number of quaternary nitrogens is 1. The van der Waals surface area contributed by atoms with Gasteiger partial charge in [0.15, 0.2) is 18.0 Å². The first kappa shape index (κ1) is 17.9. The van der Waals surface area contributed by atoms with Crippen LogP contribution >= 0.6 is 0 Å². The number of alkyl halides is 3. The van der Waals surface area contributed by atoms with Crippen LogP contribution in [0.25, 0.3) is 0 Å². The maximum Gasteiger partial charge on any atom is 0.405 e. The van der Waals surface area contributed by atoms with Gasteiger partial charge in [0.05, 0.1) is 7.05 Å². The van der Waals surface area contributed by atoms with Gasteiger partial charge in [0.2, 0.25) is 6.79 Å². The summed E-state index contributed by atoms with van der Waals surface area (Å²) in [5.74, 6) is 0.597. The second-order valence-electron chi connectivity index (χ2n) is 5.34. The first-order valence-electron chi connectivity index (χ1n) is 7.07. The highest BCUT2D eigenvalue weighted by molar-refractivity contribution is 5.94. The van der Waals surface area contributed by atoms with Crippen LogP contribution in [0.2, 0.25) is 0 Å². The third-order valence-corrected chi connectivity index (χ3v) is 3.11. The third-order valence-electron chi connectivity index (χ3n) is 3.11. The number of amides is 3. The summed E-state index contributed by atoms with van der Waals surface area (Å²) in [6.45, 7) is -0.939. The Morgan fingerprint density at radius 3 is 2.67 bits per heavy atom. The highest BCUT2D eigenvalue weighted by Gasteiger charge is 2.28. The Morgan fingerprint density at radius 1 is 1.25 bits per heavy atom. The maximum atomic E-state index is 11.9. The average Bonchev–Trinajstić information content (AvgIpc) is 2.91. The molecule has 1 aromatic rings. The van der Waals surface area contributed by atoms with Crippen molar-refractivity contribution < 1.29 is 37.1 Å². The Kier molecular flexibility index (Phi) is 5.50. The van der Waals surface area contributed by atoms with Crippen LogP contribution in [0.3, 0.4) is 0 Å². The maximum absolute atomic E-state index is 11.9. The number of carbonyl (C=O) groups is 2. The summed E-state index contributed by atoms with van der Waals surface area (Å²) in [6.07, 6.45) is -4.53. The minimum atomic E-state index is -4.53. The van der Waals surface area contributed by atoms with E-state index in [0.29, 0.717) is 18.0 Å². The van der Waals surface area contributed by atoms with E-state index in [0.717, 1.165) is 10.5 Å². The molecule has 3 N–H and O–H groups in total. The van der Waals surface area contributed by atoms with Crippen molar-refractivity contribution >= 4 is 11.9 Å². The highest BCUT2D eigenvalue weighted by atomic mass is 19.4. The van der Waals surface area contributed by atoms with E-state index in [1.165, 1.54) is 0 Å². The molecule has 1 aliphatic heterocycles. The molecule has 0 aromatic heterocycles. The molecule has 1 unspecified atom stereocenters. The van der Waals surface area contributed by atoms with Gasteiger partial charge in [0.25, 0.3) is 5.91 Å². The molecule has 132 valence electrons. The second kappa shape index (κ2) is 7.39. The number of hydrogen-bond donors (Lipinski definition) is 3. The van der Waals surface area contributed by atoms with E-state index in [-0.39, 0.29) is 13.3 Å². The molecule has 1 aromatic carbocycles. The van der Waals surface area contributed by atoms with Crippen molar-refractivity contribution in [3.8, 4) is 11.5 Å². The molecule has 0 fully saturated rings. The van der Waals surface area contributed by atoms with Crippen molar-refractivity contribution in [2.24, 2.45) is 0 Å². The van der Waals surface area contributed by atoms with Gasteiger partial charge in [-0.1, -0.05) is 0 Å². The molecule has 3 amide bonds. The molecule has 2 rings (SSSR count). The molecule has 10 heteroatoms. The molecular formula is C14H17F3N3O4+. The summed E-state index contributed by atoms with van der Waals surface area (Å²) in [4.78, 5) is 23.6. The van der Waals surface area contributed by atoms with Gasteiger partial charge in [-0.05, 0) is 18.2 Å². The number of imide groups is 1. The molecule has 1 heterocycles. The van der Waals surface area contributed by atoms with E-state index in [2.05, 4.69) is 0 Å². The normalized spacial score (nSPS) is 14.2. The lowest BCUT2D eigenvalue weighted by Crippen LogP contribution is -3.09. The zero-order valence-electron chi connectivity index (χ0n) is 12.8. The molecule has 0 bridgehead atoms. The van der Waals surface area contributed by atoms with E-state index in [4.69, 9.17) is 9.47 Å². The molecule has 0 radical (unpaired) electrons. The lowest BCUT2D eigenvalue weighted by Gasteiger charge is -2.14. The van der Waals surface area contributed by atoms with Crippen molar-refractivity contribution in [2.75, 3.05) is 26.9 Å². The molecule has 0 saturated heterocycles. The predicted molar refractivity (Wildman–Crippen MR) is 75.6 cm³/mol. The Balaban J connectivity index is 1.76. The number of ether oxygens (including phenoxy) is 2. The smallest absolute Gasteiger partial charge is 0.405 e. The summed E-state index contributed by atoms with van der Waals surface area (Å²) >= 11 is 0. The van der Waals surface area contributed by atoms with Gasteiger partial charge >= 0.3 is 12.2 Å². The van der Waals surface area contributed by atoms with Gasteiger partial charge in [-0.3, -0.25) is 10.1 Å². The van der Waals surface area contributed by atoms with Gasteiger partial charge in [0, 0.05) is 5.56 Å². The van der Waals surface area contributed by atoms with E-state index < -0.39 is 24.7 Å². The van der Waals surface area contributed by atoms with Crippen LogP contribution in [0.15, 0.2) is 18.2 Å². The summed E-state index contributed by atoms with van der Waals surface area (Å²) in [6, 6.07) is 4.20. The van der Waals surface area contributed by atoms with Crippen LogP contribution in [0.5, 0.6) is 11.5 Å². The monoisotopic (exact) mass is 348 g/mol. The van der Waals surface area contributed by atoms with Crippen molar-refractivity contribution in [3.63, 3.8) is 0 Å². The molecule has 0 aliphatic carbocycles. The van der Waals surface area contributed by atoms with Crippen LogP contribution in [0, 0.1) is 0 Å². The predicted octanol–water partition coefficient (Wildman–Crippen LogP) is -0.182. The SMILES string of the molecule is C[NH+](CC(=O)NC(=O)NCC(F)(F)F)Cc1ccc2c(c1)OCO2. The minimum Gasteiger partial charge on any atom is -0.454 e. The zero-order valence-corrected chi connectivity index (χ0v) is 12.8. The first-order valence-corrected chi connectivity index (χ1v) is 7.07. The highest BCUT2D eigenvalue weighted by Crippen LogP contribution is 2.32. The molecule has 1 atom stereocenters. The first-order chi connectivity index (χ1) is 11.2. The standard InChI is InChI=1S/C14H16F3N3O4/c1-20(5-9-2-3-10-11(4-9)24-8-23-10)6-12(21)19-13(22)18-7-14(15,16)17/h2-4H,5-8H2,1H3,(H2,18,19,21,22)/p+1. The van der Waals surface area contributed by atoms with E-state index in [9.17, 15) is 22.8 Å². The van der Waals surface area contributed by atoms with Crippen LogP contribution in [-0.2, 0) is 11.3 Å². The second-order valence-corrected chi connectivity index (χ2v) is 5.34. The molecule has 24 heavy (non-hydrogen) atoms. The Labute approximate surface area is 135 Å². The fourth-order valence-electron chi connectivity index (χ4n) is 2.13. The Hall–Kier alpha value is -2.49. The number of urea groups is 1. The topological polar surface area (TPSA) is 81.1 Å². The van der Waals surface area contributed by atoms with Gasteiger partial charge in [-0.15, -0.1) is 0 Å². The number of nitrogens with one attached hydrogen (secondary N) is 3. The number of hydrogen-bond acceptors (Lipinski definition) is 4. The fraction of sp³-hybridized carbons (Fsp3) is 0.429.